The number of hydrogen-bond donors (Lipinski definition) is 3. The highest BCUT2D eigenvalue weighted by Crippen LogP contribution is 2.30. The maximum atomic E-state index is 12.5. The number of aryl methyl sites for hydroxylation is 1. The third-order valence-electron chi connectivity index (χ3n) is 4.50. The van der Waals surface area contributed by atoms with Crippen LogP contribution in [-0.4, -0.2) is 23.5 Å². The van der Waals surface area contributed by atoms with Crippen molar-refractivity contribution in [3.8, 4) is 11.5 Å². The van der Waals surface area contributed by atoms with Gasteiger partial charge in [0.05, 0.1) is 17.7 Å². The molecular formula is C20H16N2O6. The number of anilines is 2. The Labute approximate surface area is 158 Å². The highest BCUT2D eigenvalue weighted by Gasteiger charge is 2.18. The summed E-state index contributed by atoms with van der Waals surface area (Å²) in [6.45, 7) is 1.68. The van der Waals surface area contributed by atoms with Crippen LogP contribution in [0.15, 0.2) is 45.6 Å². The fourth-order valence-corrected chi connectivity index (χ4v) is 3.11. The summed E-state index contributed by atoms with van der Waals surface area (Å²) in [7, 11) is 0. The van der Waals surface area contributed by atoms with Crippen molar-refractivity contribution in [1.29, 1.82) is 0 Å². The molecule has 0 saturated carbocycles. The Morgan fingerprint density at radius 2 is 2.04 bits per heavy atom. The monoisotopic (exact) mass is 380 g/mol. The highest BCUT2D eigenvalue weighted by atomic mass is 16.5. The topological polar surface area (TPSA) is 118 Å². The summed E-state index contributed by atoms with van der Waals surface area (Å²) in [6, 6.07) is 9.36. The number of carbonyl (C=O) groups excluding carboxylic acids is 2. The van der Waals surface area contributed by atoms with E-state index in [0.29, 0.717) is 28.1 Å². The largest absolute Gasteiger partial charge is 0.508 e. The number of ether oxygens (including phenoxy) is 1. The normalized spacial score (nSPS) is 12.8. The lowest BCUT2D eigenvalue weighted by atomic mass is 10.0. The van der Waals surface area contributed by atoms with Gasteiger partial charge in [-0.1, -0.05) is 0 Å². The molecule has 142 valence electrons. The van der Waals surface area contributed by atoms with Crippen LogP contribution in [0.1, 0.15) is 11.1 Å². The highest BCUT2D eigenvalue weighted by molar-refractivity contribution is 5.98. The zero-order valence-corrected chi connectivity index (χ0v) is 14.9. The second-order valence-electron chi connectivity index (χ2n) is 6.45. The van der Waals surface area contributed by atoms with Gasteiger partial charge in [0, 0.05) is 17.1 Å². The van der Waals surface area contributed by atoms with Gasteiger partial charge in [-0.25, -0.2) is 4.79 Å². The molecule has 0 saturated heterocycles. The third kappa shape index (κ3) is 3.27. The molecule has 0 fully saturated rings. The molecular weight excluding hydrogens is 364 g/mol. The van der Waals surface area contributed by atoms with Gasteiger partial charge in [0.2, 0.25) is 5.91 Å². The number of benzene rings is 2. The Morgan fingerprint density at radius 1 is 1.21 bits per heavy atom. The molecule has 0 atom stereocenters. The molecule has 1 aliphatic heterocycles. The number of aromatic hydroxyl groups is 1. The van der Waals surface area contributed by atoms with E-state index in [1.807, 2.05) is 0 Å². The minimum Gasteiger partial charge on any atom is -0.508 e. The standard InChI is InChI=1S/C20H16N2O6/c1-10-13-4-3-12(23)7-17(13)28-20(26)14(10)8-18(24)21-11-2-5-16-15(6-11)22-19(25)9-27-16/h2-7,23H,8-9H2,1H3,(H,21,24)(H,22,25). The second-order valence-corrected chi connectivity index (χ2v) is 6.45. The van der Waals surface area contributed by atoms with Crippen molar-refractivity contribution in [1.82, 2.24) is 0 Å². The van der Waals surface area contributed by atoms with Gasteiger partial charge < -0.3 is 24.9 Å². The predicted octanol–water partition coefficient (Wildman–Crippen LogP) is 2.32. The first-order valence-electron chi connectivity index (χ1n) is 8.52. The van der Waals surface area contributed by atoms with Gasteiger partial charge in [0.15, 0.2) is 6.61 Å². The van der Waals surface area contributed by atoms with Crippen molar-refractivity contribution in [2.45, 2.75) is 13.3 Å². The minimum absolute atomic E-state index is 0.0102. The summed E-state index contributed by atoms with van der Waals surface area (Å²) in [6.07, 6.45) is -0.176. The number of phenolic OH excluding ortho intramolecular Hbond substituents is 1. The lowest BCUT2D eigenvalue weighted by Crippen LogP contribution is -2.25. The van der Waals surface area contributed by atoms with E-state index in [4.69, 9.17) is 9.15 Å². The number of phenols is 1. The summed E-state index contributed by atoms with van der Waals surface area (Å²) in [5.41, 5.74) is 1.42. The van der Waals surface area contributed by atoms with Crippen LogP contribution in [0.3, 0.4) is 0 Å². The summed E-state index contributed by atoms with van der Waals surface area (Å²) in [4.78, 5) is 36.2. The van der Waals surface area contributed by atoms with E-state index in [1.165, 1.54) is 12.1 Å². The first-order chi connectivity index (χ1) is 13.4. The molecule has 2 aromatic carbocycles. The van der Waals surface area contributed by atoms with Gasteiger partial charge in [-0.2, -0.15) is 0 Å². The number of carbonyl (C=O) groups is 2. The molecule has 0 radical (unpaired) electrons. The van der Waals surface area contributed by atoms with Crippen LogP contribution in [0.5, 0.6) is 11.5 Å². The van der Waals surface area contributed by atoms with E-state index in [9.17, 15) is 19.5 Å². The molecule has 3 aromatic rings. The SMILES string of the molecule is Cc1c(CC(=O)Nc2ccc3c(c2)NC(=O)CO3)c(=O)oc2cc(O)ccc12. The second kappa shape index (κ2) is 6.73. The van der Waals surface area contributed by atoms with Gasteiger partial charge in [-0.05, 0) is 42.8 Å². The fraction of sp³-hybridized carbons (Fsp3) is 0.150. The van der Waals surface area contributed by atoms with E-state index in [0.717, 1.165) is 0 Å². The molecule has 2 amide bonds. The van der Waals surface area contributed by atoms with E-state index in [2.05, 4.69) is 10.6 Å². The number of fused-ring (bicyclic) bond motifs is 2. The van der Waals surface area contributed by atoms with Crippen molar-refractivity contribution in [3.63, 3.8) is 0 Å². The van der Waals surface area contributed by atoms with E-state index in [1.54, 1.807) is 31.2 Å². The summed E-state index contributed by atoms with van der Waals surface area (Å²) < 4.78 is 10.5. The van der Waals surface area contributed by atoms with Crippen LogP contribution in [-0.2, 0) is 16.0 Å². The van der Waals surface area contributed by atoms with Gasteiger partial charge >= 0.3 is 5.63 Å². The summed E-state index contributed by atoms with van der Waals surface area (Å²) in [5, 5.41) is 15.5. The molecule has 1 aliphatic rings. The third-order valence-corrected chi connectivity index (χ3v) is 4.50. The van der Waals surface area contributed by atoms with Crippen molar-refractivity contribution in [2.75, 3.05) is 17.2 Å². The van der Waals surface area contributed by atoms with Gasteiger partial charge in [-0.15, -0.1) is 0 Å². The quantitative estimate of drug-likeness (QED) is 0.600. The van der Waals surface area contributed by atoms with Crippen molar-refractivity contribution in [3.05, 3.63) is 57.9 Å². The first-order valence-corrected chi connectivity index (χ1v) is 8.52. The maximum absolute atomic E-state index is 12.5. The molecule has 2 heterocycles. The van der Waals surface area contributed by atoms with Crippen LogP contribution in [0, 0.1) is 6.92 Å². The Hall–Kier alpha value is -3.81. The molecule has 8 heteroatoms. The van der Waals surface area contributed by atoms with E-state index >= 15 is 0 Å². The molecule has 3 N–H and O–H groups in total. The molecule has 1 aromatic heterocycles. The lowest BCUT2D eigenvalue weighted by Gasteiger charge is -2.18. The maximum Gasteiger partial charge on any atom is 0.340 e. The van der Waals surface area contributed by atoms with Crippen molar-refractivity contribution in [2.24, 2.45) is 0 Å². The van der Waals surface area contributed by atoms with Crippen molar-refractivity contribution >= 4 is 34.2 Å². The molecule has 0 spiro atoms. The predicted molar refractivity (Wildman–Crippen MR) is 102 cm³/mol. The van der Waals surface area contributed by atoms with Gasteiger partial charge in [0.25, 0.3) is 5.91 Å². The van der Waals surface area contributed by atoms with Crippen molar-refractivity contribution < 1.29 is 23.8 Å². The number of nitrogens with one attached hydrogen (secondary N) is 2. The fourth-order valence-electron chi connectivity index (χ4n) is 3.11. The van der Waals surface area contributed by atoms with Crippen LogP contribution < -0.4 is 21.0 Å². The molecule has 28 heavy (non-hydrogen) atoms. The zero-order chi connectivity index (χ0) is 19.8. The Balaban J connectivity index is 1.57. The number of amides is 2. The van der Waals surface area contributed by atoms with E-state index < -0.39 is 11.5 Å². The zero-order valence-electron chi connectivity index (χ0n) is 14.9. The van der Waals surface area contributed by atoms with Crippen LogP contribution >= 0.6 is 0 Å². The Morgan fingerprint density at radius 3 is 2.86 bits per heavy atom. The molecule has 8 nitrogen and oxygen atoms in total. The smallest absolute Gasteiger partial charge is 0.340 e. The van der Waals surface area contributed by atoms with E-state index in [-0.39, 0.29) is 35.8 Å². The first kappa shape index (κ1) is 17.6. The Bertz CT molecular complexity index is 1180. The van der Waals surface area contributed by atoms with Gasteiger partial charge in [-0.3, -0.25) is 9.59 Å². The van der Waals surface area contributed by atoms with Crippen LogP contribution in [0.4, 0.5) is 11.4 Å². The summed E-state index contributed by atoms with van der Waals surface area (Å²) >= 11 is 0. The minimum atomic E-state index is -0.628. The average molecular weight is 380 g/mol. The van der Waals surface area contributed by atoms with Crippen LogP contribution in [0.2, 0.25) is 0 Å². The Kier molecular flexibility index (Phi) is 4.23. The van der Waals surface area contributed by atoms with Crippen LogP contribution in [0.25, 0.3) is 11.0 Å². The average Bonchev–Trinajstić information content (AvgIpc) is 2.64. The number of rotatable bonds is 3. The molecule has 0 aliphatic carbocycles. The molecule has 4 rings (SSSR count). The lowest BCUT2D eigenvalue weighted by molar-refractivity contribution is -0.118. The molecule has 0 bridgehead atoms. The molecule has 0 unspecified atom stereocenters. The number of hydrogen-bond acceptors (Lipinski definition) is 6. The summed E-state index contributed by atoms with van der Waals surface area (Å²) in [5.74, 6) is -0.168. The van der Waals surface area contributed by atoms with Gasteiger partial charge in [0.1, 0.15) is 17.1 Å².